The van der Waals surface area contributed by atoms with Gasteiger partial charge in [-0.15, -0.1) is 0 Å². The van der Waals surface area contributed by atoms with Gasteiger partial charge in [0.2, 0.25) is 0 Å². The Bertz CT molecular complexity index is 452. The third-order valence-electron chi connectivity index (χ3n) is 4.06. The van der Waals surface area contributed by atoms with E-state index in [2.05, 4.69) is 5.32 Å². The molecule has 1 unspecified atom stereocenters. The molecule has 2 saturated heterocycles. The highest BCUT2D eigenvalue weighted by Gasteiger charge is 2.33. The number of ether oxygens (including phenoxy) is 1. The fourth-order valence-electron chi connectivity index (χ4n) is 3.04. The molecule has 0 aromatic carbocycles. The van der Waals surface area contributed by atoms with Gasteiger partial charge in [0.05, 0.1) is 6.10 Å². The Morgan fingerprint density at radius 2 is 1.95 bits per heavy atom. The standard InChI is InChI=1S/C13H25N3O4S/c1-10(2)20-13(17)15-21(18,19)16-8-5-11(6-9-16)12-4-3-7-14-12/h10-12,14H,3-9H2,1-2H3,(H,15,17). The van der Waals surface area contributed by atoms with Crippen LogP contribution in [0.5, 0.6) is 0 Å². The smallest absolute Gasteiger partial charge is 0.422 e. The summed E-state index contributed by atoms with van der Waals surface area (Å²) in [7, 11) is -3.79. The lowest BCUT2D eigenvalue weighted by Gasteiger charge is -2.33. The van der Waals surface area contributed by atoms with Crippen LogP contribution in [0.1, 0.15) is 39.5 Å². The quantitative estimate of drug-likeness (QED) is 0.801. The third kappa shape index (κ3) is 4.55. The lowest BCUT2D eigenvalue weighted by atomic mass is 9.89. The van der Waals surface area contributed by atoms with Crippen LogP contribution in [0.15, 0.2) is 0 Å². The van der Waals surface area contributed by atoms with Gasteiger partial charge in [-0.05, 0) is 52.0 Å². The minimum atomic E-state index is -3.79. The van der Waals surface area contributed by atoms with E-state index in [9.17, 15) is 13.2 Å². The number of carbonyl (C=O) groups excluding carboxylic acids is 1. The molecule has 0 bridgehead atoms. The highest BCUT2D eigenvalue weighted by atomic mass is 32.2. The Hall–Kier alpha value is -0.860. The van der Waals surface area contributed by atoms with Gasteiger partial charge >= 0.3 is 16.3 Å². The molecule has 0 saturated carbocycles. The van der Waals surface area contributed by atoms with E-state index in [0.717, 1.165) is 19.4 Å². The van der Waals surface area contributed by atoms with Crippen LogP contribution in [0.2, 0.25) is 0 Å². The molecule has 8 heteroatoms. The van der Waals surface area contributed by atoms with Crippen molar-refractivity contribution >= 4 is 16.3 Å². The summed E-state index contributed by atoms with van der Waals surface area (Å²) >= 11 is 0. The number of hydrogen-bond acceptors (Lipinski definition) is 5. The molecule has 0 radical (unpaired) electrons. The zero-order valence-corrected chi connectivity index (χ0v) is 13.5. The van der Waals surface area contributed by atoms with Crippen molar-refractivity contribution < 1.29 is 17.9 Å². The van der Waals surface area contributed by atoms with Crippen molar-refractivity contribution in [3.8, 4) is 0 Å². The van der Waals surface area contributed by atoms with Crippen molar-refractivity contribution in [3.63, 3.8) is 0 Å². The van der Waals surface area contributed by atoms with E-state index >= 15 is 0 Å². The molecule has 2 rings (SSSR count). The minimum absolute atomic E-state index is 0.348. The molecule has 0 aliphatic carbocycles. The molecule has 122 valence electrons. The van der Waals surface area contributed by atoms with Gasteiger partial charge in [0, 0.05) is 19.1 Å². The second-order valence-electron chi connectivity index (χ2n) is 6.00. The highest BCUT2D eigenvalue weighted by Crippen LogP contribution is 2.26. The summed E-state index contributed by atoms with van der Waals surface area (Å²) < 4.78 is 32.3. The van der Waals surface area contributed by atoms with E-state index in [4.69, 9.17) is 4.74 Å². The minimum Gasteiger partial charge on any atom is -0.446 e. The zero-order valence-electron chi connectivity index (χ0n) is 12.7. The maximum atomic E-state index is 12.1. The molecular weight excluding hydrogens is 294 g/mol. The summed E-state index contributed by atoms with van der Waals surface area (Å²) in [6, 6.07) is 0.522. The van der Waals surface area contributed by atoms with E-state index in [0.29, 0.717) is 25.0 Å². The van der Waals surface area contributed by atoms with E-state index in [-0.39, 0.29) is 6.10 Å². The first-order valence-corrected chi connectivity index (χ1v) is 9.04. The van der Waals surface area contributed by atoms with Crippen LogP contribution in [0, 0.1) is 5.92 Å². The molecule has 21 heavy (non-hydrogen) atoms. The van der Waals surface area contributed by atoms with Crippen molar-refractivity contribution in [1.29, 1.82) is 0 Å². The highest BCUT2D eigenvalue weighted by molar-refractivity contribution is 7.87. The fourth-order valence-corrected chi connectivity index (χ4v) is 4.12. The van der Waals surface area contributed by atoms with Crippen LogP contribution in [-0.2, 0) is 14.9 Å². The zero-order chi connectivity index (χ0) is 15.5. The molecule has 2 heterocycles. The van der Waals surface area contributed by atoms with Gasteiger partial charge < -0.3 is 10.1 Å². The van der Waals surface area contributed by atoms with Gasteiger partial charge in [0.15, 0.2) is 0 Å². The lowest BCUT2D eigenvalue weighted by molar-refractivity contribution is 0.120. The van der Waals surface area contributed by atoms with E-state index in [1.165, 1.54) is 17.1 Å². The molecule has 0 aromatic heterocycles. The fraction of sp³-hybridized carbons (Fsp3) is 0.923. The summed E-state index contributed by atoms with van der Waals surface area (Å²) in [5, 5.41) is 3.48. The largest absolute Gasteiger partial charge is 0.446 e. The first kappa shape index (κ1) is 16.5. The summed E-state index contributed by atoms with van der Waals surface area (Å²) in [6.07, 6.45) is 2.78. The first-order chi connectivity index (χ1) is 9.88. The molecule has 0 aromatic rings. The predicted octanol–water partition coefficient (Wildman–Crippen LogP) is 0.830. The number of carbonyl (C=O) groups is 1. The average molecular weight is 319 g/mol. The Labute approximate surface area is 126 Å². The normalized spacial score (nSPS) is 25.2. The Morgan fingerprint density at radius 1 is 1.29 bits per heavy atom. The maximum Gasteiger partial charge on any atom is 0.422 e. The second-order valence-corrected chi connectivity index (χ2v) is 7.67. The molecule has 2 N–H and O–H groups in total. The van der Waals surface area contributed by atoms with Gasteiger partial charge in [-0.1, -0.05) is 0 Å². The predicted molar refractivity (Wildman–Crippen MR) is 79.0 cm³/mol. The van der Waals surface area contributed by atoms with Crippen molar-refractivity contribution in [1.82, 2.24) is 14.3 Å². The number of amides is 1. The van der Waals surface area contributed by atoms with Crippen LogP contribution in [0.4, 0.5) is 4.79 Å². The molecule has 2 aliphatic heterocycles. The second kappa shape index (κ2) is 6.93. The van der Waals surface area contributed by atoms with Crippen molar-refractivity contribution in [2.24, 2.45) is 5.92 Å². The molecule has 2 fully saturated rings. The lowest BCUT2D eigenvalue weighted by Crippen LogP contribution is -2.49. The number of nitrogens with one attached hydrogen (secondary N) is 2. The summed E-state index contributed by atoms with van der Waals surface area (Å²) in [6.45, 7) is 5.31. The summed E-state index contributed by atoms with van der Waals surface area (Å²) in [5.41, 5.74) is 0. The van der Waals surface area contributed by atoms with Crippen LogP contribution in [-0.4, -0.2) is 50.6 Å². The molecule has 1 atom stereocenters. The first-order valence-electron chi connectivity index (χ1n) is 7.60. The van der Waals surface area contributed by atoms with Crippen LogP contribution in [0.25, 0.3) is 0 Å². The van der Waals surface area contributed by atoms with Crippen LogP contribution >= 0.6 is 0 Å². The monoisotopic (exact) mass is 319 g/mol. The third-order valence-corrected chi connectivity index (χ3v) is 5.53. The van der Waals surface area contributed by atoms with Gasteiger partial charge in [0.25, 0.3) is 0 Å². The molecule has 2 aliphatic rings. The van der Waals surface area contributed by atoms with E-state index < -0.39 is 16.3 Å². The Balaban J connectivity index is 1.83. The van der Waals surface area contributed by atoms with Crippen molar-refractivity contribution in [2.45, 2.75) is 51.7 Å². The number of nitrogens with zero attached hydrogens (tertiary/aromatic N) is 1. The van der Waals surface area contributed by atoms with Gasteiger partial charge in [-0.2, -0.15) is 12.7 Å². The summed E-state index contributed by atoms with van der Waals surface area (Å²) in [4.78, 5) is 11.4. The number of piperidine rings is 1. The summed E-state index contributed by atoms with van der Waals surface area (Å²) in [5.74, 6) is 0.529. The number of hydrogen-bond donors (Lipinski definition) is 2. The number of rotatable bonds is 4. The van der Waals surface area contributed by atoms with Crippen molar-refractivity contribution in [3.05, 3.63) is 0 Å². The van der Waals surface area contributed by atoms with Crippen LogP contribution in [0.3, 0.4) is 0 Å². The van der Waals surface area contributed by atoms with Crippen molar-refractivity contribution in [2.75, 3.05) is 19.6 Å². The Kier molecular flexibility index (Phi) is 5.45. The van der Waals surface area contributed by atoms with Crippen LogP contribution < -0.4 is 10.0 Å². The van der Waals surface area contributed by atoms with E-state index in [1.807, 2.05) is 4.72 Å². The topological polar surface area (TPSA) is 87.7 Å². The Morgan fingerprint density at radius 3 is 2.48 bits per heavy atom. The molecule has 7 nitrogen and oxygen atoms in total. The van der Waals surface area contributed by atoms with Gasteiger partial charge in [-0.3, -0.25) is 0 Å². The SMILES string of the molecule is CC(C)OC(=O)NS(=O)(=O)N1CCC(C2CCCN2)CC1. The van der Waals surface area contributed by atoms with E-state index in [1.54, 1.807) is 13.8 Å². The van der Waals surface area contributed by atoms with Gasteiger partial charge in [-0.25, -0.2) is 9.52 Å². The molecule has 1 amide bonds. The maximum absolute atomic E-state index is 12.1. The average Bonchev–Trinajstić information content (AvgIpc) is 2.91. The molecule has 0 spiro atoms. The van der Waals surface area contributed by atoms with Gasteiger partial charge in [0.1, 0.15) is 0 Å². The molecular formula is C13H25N3O4S.